The number of nitrogens with one attached hydrogen (secondary N) is 1. The fraction of sp³-hybridized carbons (Fsp3) is 0.761. The van der Waals surface area contributed by atoms with Crippen molar-refractivity contribution >= 4 is 19.7 Å². The number of unbranched alkanes of at least 4 members (excludes halogenated alkanes) is 29. The van der Waals surface area contributed by atoms with Crippen LogP contribution in [0.5, 0.6) is 0 Å². The normalized spacial score (nSPS) is 14.2. The van der Waals surface area contributed by atoms with E-state index in [0.29, 0.717) is 23.9 Å². The van der Waals surface area contributed by atoms with Crippen molar-refractivity contribution in [2.45, 2.75) is 290 Å². The molecule has 0 saturated heterocycles. The van der Waals surface area contributed by atoms with Crippen LogP contribution in [-0.4, -0.2) is 69.4 Å². The molecule has 0 fully saturated rings. The number of phosphoric ester groups is 1. The lowest BCUT2D eigenvalue weighted by Crippen LogP contribution is -2.47. The largest absolute Gasteiger partial charge is 0.756 e. The van der Waals surface area contributed by atoms with Gasteiger partial charge in [0, 0.05) is 12.8 Å². The number of esters is 1. The molecule has 1 N–H and O–H groups in total. The van der Waals surface area contributed by atoms with Crippen molar-refractivity contribution in [2.75, 3.05) is 40.9 Å². The molecule has 3 unspecified atom stereocenters. The van der Waals surface area contributed by atoms with Crippen LogP contribution in [0.25, 0.3) is 0 Å². The van der Waals surface area contributed by atoms with Gasteiger partial charge in [0.15, 0.2) is 0 Å². The Hall–Kier alpha value is -2.81. The number of likely N-dealkylation sites (N-methyl/N-ethyl adjacent to an activating group) is 1. The third-order valence-electron chi connectivity index (χ3n) is 13.8. The molecule has 0 aromatic heterocycles. The summed E-state index contributed by atoms with van der Waals surface area (Å²) in [6.07, 6.45) is 74.1. The first-order valence-corrected chi connectivity index (χ1v) is 33.4. The number of hydrogen-bond donors (Lipinski definition) is 1. The number of carbonyl (C=O) groups excluding carboxylic acids is 2. The molecule has 0 aromatic carbocycles. The molecule has 0 bridgehead atoms. The van der Waals surface area contributed by atoms with E-state index in [2.05, 4.69) is 99.0 Å². The first-order valence-electron chi connectivity index (χ1n) is 31.9. The highest BCUT2D eigenvalue weighted by Crippen LogP contribution is 2.38. The smallest absolute Gasteiger partial charge is 0.306 e. The molecular formula is C67H121N2O7P. The molecule has 0 rings (SSSR count). The molecule has 0 heterocycles. The summed E-state index contributed by atoms with van der Waals surface area (Å²) in [6.45, 7) is 6.72. The van der Waals surface area contributed by atoms with Crippen molar-refractivity contribution in [1.82, 2.24) is 5.32 Å². The number of phosphoric acid groups is 1. The zero-order valence-corrected chi connectivity index (χ0v) is 51.8. The Labute approximate surface area is 476 Å². The van der Waals surface area contributed by atoms with Gasteiger partial charge in [0.2, 0.25) is 5.91 Å². The Balaban J connectivity index is 5.34. The van der Waals surface area contributed by atoms with Gasteiger partial charge in [0.1, 0.15) is 19.3 Å². The average molecular weight is 1100 g/mol. The van der Waals surface area contributed by atoms with E-state index < -0.39 is 26.6 Å². The number of carbonyl (C=O) groups is 2. The maximum Gasteiger partial charge on any atom is 0.306 e. The van der Waals surface area contributed by atoms with Gasteiger partial charge in [-0.1, -0.05) is 267 Å². The lowest BCUT2D eigenvalue weighted by molar-refractivity contribution is -0.870. The molecule has 1 amide bonds. The highest BCUT2D eigenvalue weighted by Gasteiger charge is 2.27. The second-order valence-corrected chi connectivity index (χ2v) is 23.9. The molecule has 0 aliphatic rings. The number of allylic oxidation sites excluding steroid dienone is 13. The van der Waals surface area contributed by atoms with Crippen molar-refractivity contribution in [1.29, 1.82) is 0 Å². The second-order valence-electron chi connectivity index (χ2n) is 22.5. The highest BCUT2D eigenvalue weighted by molar-refractivity contribution is 7.45. The van der Waals surface area contributed by atoms with Gasteiger partial charge < -0.3 is 28.5 Å². The third kappa shape index (κ3) is 57.7. The molecule has 9 nitrogen and oxygen atoms in total. The van der Waals surface area contributed by atoms with E-state index in [1.807, 2.05) is 33.3 Å². The molecular weight excluding hydrogens is 976 g/mol. The summed E-state index contributed by atoms with van der Waals surface area (Å²) in [5, 5.41) is 3.02. The van der Waals surface area contributed by atoms with E-state index in [9.17, 15) is 19.0 Å². The van der Waals surface area contributed by atoms with Crippen LogP contribution in [0.2, 0.25) is 0 Å². The minimum atomic E-state index is -4.71. The first-order chi connectivity index (χ1) is 37.4. The van der Waals surface area contributed by atoms with Gasteiger partial charge in [-0.15, -0.1) is 0 Å². The molecule has 0 aliphatic carbocycles. The van der Waals surface area contributed by atoms with Gasteiger partial charge in [-0.3, -0.25) is 14.2 Å². The molecule has 446 valence electrons. The Bertz CT molecular complexity index is 1590. The maximum absolute atomic E-state index is 13.5. The van der Waals surface area contributed by atoms with Crippen LogP contribution in [0.1, 0.15) is 278 Å². The predicted molar refractivity (Wildman–Crippen MR) is 330 cm³/mol. The lowest BCUT2D eigenvalue weighted by Gasteiger charge is -2.30. The number of rotatable bonds is 57. The summed E-state index contributed by atoms with van der Waals surface area (Å²) in [5.74, 6) is -0.587. The van der Waals surface area contributed by atoms with Crippen molar-refractivity contribution < 1.29 is 37.3 Å². The monoisotopic (exact) mass is 1100 g/mol. The van der Waals surface area contributed by atoms with Gasteiger partial charge in [0.05, 0.1) is 33.8 Å². The fourth-order valence-corrected chi connectivity index (χ4v) is 9.66. The highest BCUT2D eigenvalue weighted by atomic mass is 31.2. The van der Waals surface area contributed by atoms with Gasteiger partial charge >= 0.3 is 5.97 Å². The van der Waals surface area contributed by atoms with Gasteiger partial charge in [-0.25, -0.2) is 0 Å². The minimum Gasteiger partial charge on any atom is -0.756 e. The number of hydrogen-bond acceptors (Lipinski definition) is 7. The van der Waals surface area contributed by atoms with Crippen molar-refractivity contribution in [3.05, 3.63) is 85.1 Å². The van der Waals surface area contributed by atoms with Crippen LogP contribution in [0.4, 0.5) is 0 Å². The predicted octanol–water partition coefficient (Wildman–Crippen LogP) is 19.1. The SMILES string of the molecule is CC/C=C\C/C=C\C/C=C\C/C=C\C/C=C\C/C=C\CCCCC(=O)OC(/C=C/CCCCCCCCCCCCC)C(COP(=O)([O-])OCC[N+](C)(C)C)NC(=O)CCCCCCCCCCCCCCCCCCC. The fourth-order valence-electron chi connectivity index (χ4n) is 8.94. The van der Waals surface area contributed by atoms with Crippen molar-refractivity contribution in [3.63, 3.8) is 0 Å². The van der Waals surface area contributed by atoms with Gasteiger partial charge in [-0.05, 0) is 83.1 Å². The first kappa shape index (κ1) is 74.2. The lowest BCUT2D eigenvalue weighted by atomic mass is 10.0. The standard InChI is InChI=1S/C67H121N2O7P/c1-7-10-13-16-19-22-25-28-30-32-33-34-35-37-39-42-45-48-51-54-57-60-67(71)76-65(58-55-52-49-46-43-40-27-24-21-18-15-12-9-3)64(63-75-77(72,73)74-62-61-69(4,5)6)68-66(70)59-56-53-50-47-44-41-38-36-31-29-26-23-20-17-14-11-8-2/h10,13,19,22,28,30,33-34,37,39,45,48,55,58,64-65H,7-9,11-12,14-18,20-21,23-27,29,31-32,35-36,38,40-44,46-47,49-54,56-57,59-63H2,1-6H3,(H-,68,70,72,73)/b13-10-,22-19-,30-28-,34-33-,39-37-,48-45-,58-55+. The van der Waals surface area contributed by atoms with Crippen molar-refractivity contribution in [3.8, 4) is 0 Å². The summed E-state index contributed by atoms with van der Waals surface area (Å²) >= 11 is 0. The summed E-state index contributed by atoms with van der Waals surface area (Å²) in [6, 6.07) is -0.908. The summed E-state index contributed by atoms with van der Waals surface area (Å²) in [5.41, 5.74) is 0. The Morgan fingerprint density at radius 1 is 0.468 bits per heavy atom. The molecule has 0 radical (unpaired) electrons. The topological polar surface area (TPSA) is 114 Å². The summed E-state index contributed by atoms with van der Waals surface area (Å²) < 4.78 is 30.3. The van der Waals surface area contributed by atoms with Gasteiger partial charge in [0.25, 0.3) is 7.82 Å². The van der Waals surface area contributed by atoms with E-state index in [4.69, 9.17) is 13.8 Å². The Morgan fingerprint density at radius 2 is 0.831 bits per heavy atom. The number of quaternary nitrogens is 1. The van der Waals surface area contributed by atoms with Crippen LogP contribution in [0.15, 0.2) is 85.1 Å². The van der Waals surface area contributed by atoms with E-state index in [1.165, 1.54) is 148 Å². The third-order valence-corrected chi connectivity index (χ3v) is 14.8. The Kier molecular flexibility index (Phi) is 54.4. The van der Waals surface area contributed by atoms with E-state index in [1.54, 1.807) is 0 Å². The minimum absolute atomic E-state index is 0.0313. The van der Waals surface area contributed by atoms with Crippen LogP contribution >= 0.6 is 7.82 Å². The van der Waals surface area contributed by atoms with Crippen molar-refractivity contribution in [2.24, 2.45) is 0 Å². The van der Waals surface area contributed by atoms with Crippen LogP contribution in [-0.2, 0) is 27.9 Å². The molecule has 10 heteroatoms. The molecule has 3 atom stereocenters. The van der Waals surface area contributed by atoms with Crippen LogP contribution in [0, 0.1) is 0 Å². The van der Waals surface area contributed by atoms with Crippen LogP contribution < -0.4 is 10.2 Å². The molecule has 0 aliphatic heterocycles. The molecule has 0 aromatic rings. The van der Waals surface area contributed by atoms with E-state index in [-0.39, 0.29) is 24.9 Å². The summed E-state index contributed by atoms with van der Waals surface area (Å²) in [7, 11) is 1.16. The second kappa shape index (κ2) is 56.5. The summed E-state index contributed by atoms with van der Waals surface area (Å²) in [4.78, 5) is 40.0. The maximum atomic E-state index is 13.5. The quantitative estimate of drug-likeness (QED) is 0.0212. The zero-order valence-electron chi connectivity index (χ0n) is 50.9. The molecule has 0 saturated carbocycles. The number of amides is 1. The van der Waals surface area contributed by atoms with Crippen LogP contribution in [0.3, 0.4) is 0 Å². The Morgan fingerprint density at radius 3 is 1.26 bits per heavy atom. The zero-order chi connectivity index (χ0) is 56.4. The molecule has 77 heavy (non-hydrogen) atoms. The molecule has 0 spiro atoms. The number of ether oxygens (including phenoxy) is 1. The van der Waals surface area contributed by atoms with E-state index >= 15 is 0 Å². The average Bonchev–Trinajstić information content (AvgIpc) is 3.39. The van der Waals surface area contributed by atoms with Gasteiger partial charge in [-0.2, -0.15) is 0 Å². The number of nitrogens with zero attached hydrogens (tertiary/aromatic N) is 1. The van der Waals surface area contributed by atoms with E-state index in [0.717, 1.165) is 89.9 Å².